The zero-order valence-electron chi connectivity index (χ0n) is 18.4. The number of aryl methyl sites for hydroxylation is 2. The number of hydrogen-bond donors (Lipinski definition) is 1. The minimum atomic E-state index is -0.174. The van der Waals surface area contributed by atoms with Crippen LogP contribution in [0.4, 0.5) is 0 Å². The molecule has 1 aromatic carbocycles. The van der Waals surface area contributed by atoms with Crippen molar-refractivity contribution in [3.63, 3.8) is 0 Å². The first-order chi connectivity index (χ1) is 15.5. The lowest BCUT2D eigenvalue weighted by Crippen LogP contribution is -2.37. The lowest BCUT2D eigenvalue weighted by atomic mass is 9.95. The second-order valence-electron chi connectivity index (χ2n) is 8.17. The predicted octanol–water partition coefficient (Wildman–Crippen LogP) is 4.16. The molecule has 1 saturated carbocycles. The summed E-state index contributed by atoms with van der Waals surface area (Å²) in [6.07, 6.45) is 5.63. The van der Waals surface area contributed by atoms with Crippen molar-refractivity contribution in [1.82, 2.24) is 24.6 Å². The number of nitrogens with one attached hydrogen (secondary N) is 1. The monoisotopic (exact) mass is 473 g/mol. The maximum atomic E-state index is 13.5. The summed E-state index contributed by atoms with van der Waals surface area (Å²) >= 11 is 7.65. The maximum Gasteiger partial charge on any atom is 0.280 e. The molecule has 7 nitrogen and oxygen atoms in total. The number of thioether (sulfide) groups is 1. The summed E-state index contributed by atoms with van der Waals surface area (Å²) in [5.74, 6) is 0.180. The van der Waals surface area contributed by atoms with Gasteiger partial charge in [-0.05, 0) is 38.3 Å². The van der Waals surface area contributed by atoms with Gasteiger partial charge < -0.3 is 5.32 Å². The van der Waals surface area contributed by atoms with Gasteiger partial charge in [-0.15, -0.1) is 0 Å². The number of carbonyl (C=O) groups is 1. The highest BCUT2D eigenvalue weighted by Gasteiger charge is 2.21. The molecule has 1 amide bonds. The zero-order chi connectivity index (χ0) is 22.7. The van der Waals surface area contributed by atoms with Gasteiger partial charge in [0.25, 0.3) is 5.56 Å². The van der Waals surface area contributed by atoms with Gasteiger partial charge in [-0.2, -0.15) is 5.10 Å². The van der Waals surface area contributed by atoms with Crippen molar-refractivity contribution in [2.24, 2.45) is 0 Å². The minimum Gasteiger partial charge on any atom is -0.353 e. The van der Waals surface area contributed by atoms with E-state index in [4.69, 9.17) is 16.6 Å². The van der Waals surface area contributed by atoms with E-state index in [0.717, 1.165) is 31.2 Å². The summed E-state index contributed by atoms with van der Waals surface area (Å²) in [6.45, 7) is 4.65. The Morgan fingerprint density at radius 1 is 1.25 bits per heavy atom. The number of benzene rings is 1. The van der Waals surface area contributed by atoms with Crippen LogP contribution in [0.25, 0.3) is 11.0 Å². The van der Waals surface area contributed by atoms with E-state index in [1.165, 1.54) is 18.2 Å². The third-order valence-electron chi connectivity index (χ3n) is 5.87. The van der Waals surface area contributed by atoms with Gasteiger partial charge >= 0.3 is 0 Å². The van der Waals surface area contributed by atoms with Crippen LogP contribution in [-0.2, 0) is 17.9 Å². The van der Waals surface area contributed by atoms with Crippen LogP contribution in [0.15, 0.2) is 34.2 Å². The molecule has 0 spiro atoms. The lowest BCUT2D eigenvalue weighted by molar-refractivity contribution is -0.119. The number of halogens is 1. The molecule has 0 saturated heterocycles. The molecule has 0 atom stereocenters. The molecular formula is C23H28ClN5O2S. The van der Waals surface area contributed by atoms with Crippen molar-refractivity contribution >= 4 is 40.3 Å². The topological polar surface area (TPSA) is 81.8 Å². The molecule has 4 rings (SSSR count). The van der Waals surface area contributed by atoms with E-state index in [1.807, 2.05) is 32.0 Å². The Kier molecular flexibility index (Phi) is 7.20. The van der Waals surface area contributed by atoms with Crippen molar-refractivity contribution < 1.29 is 4.79 Å². The van der Waals surface area contributed by atoms with Crippen molar-refractivity contribution in [3.8, 4) is 0 Å². The van der Waals surface area contributed by atoms with Crippen molar-refractivity contribution in [2.45, 2.75) is 70.2 Å². The Morgan fingerprint density at radius 2 is 2.00 bits per heavy atom. The molecule has 1 aliphatic rings. The van der Waals surface area contributed by atoms with Gasteiger partial charge in [0, 0.05) is 17.6 Å². The lowest BCUT2D eigenvalue weighted by Gasteiger charge is -2.22. The number of rotatable bonds is 7. The van der Waals surface area contributed by atoms with E-state index >= 15 is 0 Å². The van der Waals surface area contributed by atoms with Gasteiger partial charge in [0.2, 0.25) is 5.91 Å². The number of fused-ring (bicyclic) bond motifs is 1. The fourth-order valence-corrected chi connectivity index (χ4v) is 5.21. The van der Waals surface area contributed by atoms with Crippen molar-refractivity contribution in [2.75, 3.05) is 5.75 Å². The molecule has 0 unspecified atom stereocenters. The van der Waals surface area contributed by atoms with Crippen LogP contribution in [0, 0.1) is 6.92 Å². The van der Waals surface area contributed by atoms with Crippen LogP contribution in [-0.4, -0.2) is 37.0 Å². The van der Waals surface area contributed by atoms with E-state index in [1.54, 1.807) is 15.3 Å². The summed E-state index contributed by atoms with van der Waals surface area (Å²) in [5.41, 5.74) is 2.42. The molecule has 9 heteroatoms. The molecule has 1 aliphatic carbocycles. The second kappa shape index (κ2) is 10.1. The first kappa shape index (κ1) is 22.9. The summed E-state index contributed by atoms with van der Waals surface area (Å²) in [6, 6.07) is 7.70. The van der Waals surface area contributed by atoms with E-state index in [-0.39, 0.29) is 29.8 Å². The van der Waals surface area contributed by atoms with E-state index in [0.29, 0.717) is 33.5 Å². The Labute approximate surface area is 196 Å². The zero-order valence-corrected chi connectivity index (χ0v) is 20.0. The quantitative estimate of drug-likeness (QED) is 0.411. The van der Waals surface area contributed by atoms with Gasteiger partial charge in [0.1, 0.15) is 5.52 Å². The highest BCUT2D eigenvalue weighted by molar-refractivity contribution is 7.99. The normalized spacial score (nSPS) is 14.7. The first-order valence-corrected chi connectivity index (χ1v) is 12.5. The minimum absolute atomic E-state index is 0.0264. The van der Waals surface area contributed by atoms with Gasteiger partial charge in [0.15, 0.2) is 10.7 Å². The smallest absolute Gasteiger partial charge is 0.280 e. The molecule has 170 valence electrons. The van der Waals surface area contributed by atoms with Crippen LogP contribution >= 0.6 is 23.4 Å². The highest BCUT2D eigenvalue weighted by Crippen LogP contribution is 2.23. The molecule has 2 heterocycles. The Morgan fingerprint density at radius 3 is 2.72 bits per heavy atom. The largest absolute Gasteiger partial charge is 0.353 e. The predicted molar refractivity (Wildman–Crippen MR) is 128 cm³/mol. The summed E-state index contributed by atoms with van der Waals surface area (Å²) < 4.78 is 3.29. The van der Waals surface area contributed by atoms with Gasteiger partial charge in [-0.3, -0.25) is 18.8 Å². The molecule has 1 fully saturated rings. The average Bonchev–Trinajstić information content (AvgIpc) is 3.12. The summed E-state index contributed by atoms with van der Waals surface area (Å²) in [4.78, 5) is 30.9. The summed E-state index contributed by atoms with van der Waals surface area (Å²) in [5, 5.41) is 8.69. The number of aromatic nitrogens is 4. The number of nitrogens with zero attached hydrogens (tertiary/aromatic N) is 4. The number of carbonyl (C=O) groups excluding carboxylic acids is 1. The van der Waals surface area contributed by atoms with Gasteiger partial charge in [0.05, 0.1) is 18.0 Å². The SMILES string of the molecule is CCn1nc(C)c2nc(SCC(=O)NC3CCCCC3)n(Cc3ccccc3Cl)c(=O)c21. The van der Waals surface area contributed by atoms with Crippen LogP contribution in [0.2, 0.25) is 5.02 Å². The molecule has 0 radical (unpaired) electrons. The van der Waals surface area contributed by atoms with Gasteiger partial charge in [-0.25, -0.2) is 4.98 Å². The number of hydrogen-bond acceptors (Lipinski definition) is 5. The Hall–Kier alpha value is -2.32. The molecule has 3 aromatic rings. The van der Waals surface area contributed by atoms with E-state index in [9.17, 15) is 9.59 Å². The molecule has 2 aromatic heterocycles. The Balaban J connectivity index is 1.66. The van der Waals surface area contributed by atoms with Crippen molar-refractivity contribution in [1.29, 1.82) is 0 Å². The maximum absolute atomic E-state index is 13.5. The molecule has 1 N–H and O–H groups in total. The average molecular weight is 474 g/mol. The van der Waals surface area contributed by atoms with E-state index < -0.39 is 0 Å². The van der Waals surface area contributed by atoms with Crippen LogP contribution in [0.5, 0.6) is 0 Å². The highest BCUT2D eigenvalue weighted by atomic mass is 35.5. The van der Waals surface area contributed by atoms with E-state index in [2.05, 4.69) is 10.4 Å². The first-order valence-electron chi connectivity index (χ1n) is 11.1. The van der Waals surface area contributed by atoms with Crippen molar-refractivity contribution in [3.05, 3.63) is 50.9 Å². The molecule has 32 heavy (non-hydrogen) atoms. The summed E-state index contributed by atoms with van der Waals surface area (Å²) in [7, 11) is 0. The van der Waals surface area contributed by atoms with Crippen LogP contribution < -0.4 is 10.9 Å². The molecule has 0 bridgehead atoms. The Bertz CT molecular complexity index is 1180. The van der Waals surface area contributed by atoms with Crippen LogP contribution in [0.3, 0.4) is 0 Å². The number of amides is 1. The second-order valence-corrected chi connectivity index (χ2v) is 9.52. The third-order valence-corrected chi connectivity index (χ3v) is 7.22. The van der Waals surface area contributed by atoms with Crippen LogP contribution in [0.1, 0.15) is 50.3 Å². The standard InChI is InChI=1S/C23H28ClN5O2S/c1-3-29-21-20(15(2)27-29)26-23(32-14-19(30)25-17-10-5-4-6-11-17)28(22(21)31)13-16-9-7-8-12-18(16)24/h7-9,12,17H,3-6,10-11,13-14H2,1-2H3,(H,25,30). The fourth-order valence-electron chi connectivity index (χ4n) is 4.21. The fraction of sp³-hybridized carbons (Fsp3) is 0.478. The third kappa shape index (κ3) is 4.86. The molecular weight excluding hydrogens is 446 g/mol. The van der Waals surface area contributed by atoms with Gasteiger partial charge in [-0.1, -0.05) is 60.8 Å². The molecule has 0 aliphatic heterocycles.